The average molecular weight is 396 g/mol. The number of ether oxygens (including phenoxy) is 1. The summed E-state index contributed by atoms with van der Waals surface area (Å²) in [6.07, 6.45) is -0.379. The zero-order valence-electron chi connectivity index (χ0n) is 14.2. The van der Waals surface area contributed by atoms with E-state index in [4.69, 9.17) is 4.74 Å². The molecular weight excluding hydrogens is 383 g/mol. The number of aromatic nitrogens is 1. The van der Waals surface area contributed by atoms with Gasteiger partial charge in [-0.2, -0.15) is 0 Å². The van der Waals surface area contributed by atoms with Crippen LogP contribution in [0.15, 0.2) is 36.5 Å². The van der Waals surface area contributed by atoms with E-state index in [2.05, 4.69) is 10.3 Å². The quantitative estimate of drug-likeness (QED) is 0.609. The first-order chi connectivity index (χ1) is 13.2. The predicted molar refractivity (Wildman–Crippen MR) is 91.2 cm³/mol. The van der Waals surface area contributed by atoms with Crippen molar-refractivity contribution >= 4 is 22.5 Å². The molecule has 28 heavy (non-hydrogen) atoms. The SMILES string of the molecule is O=C(Nc1c[nH]c2cc(F)c(F)cc12)c1ccc(OC2CC(F)(F)C2)c(F)c1. The molecule has 0 spiro atoms. The number of hydrogen-bond acceptors (Lipinski definition) is 2. The van der Waals surface area contributed by atoms with Gasteiger partial charge in [0.2, 0.25) is 0 Å². The summed E-state index contributed by atoms with van der Waals surface area (Å²) in [6, 6.07) is 5.26. The van der Waals surface area contributed by atoms with Crippen molar-refractivity contribution in [1.29, 1.82) is 0 Å². The second kappa shape index (κ2) is 6.50. The first-order valence-electron chi connectivity index (χ1n) is 8.33. The van der Waals surface area contributed by atoms with E-state index >= 15 is 0 Å². The van der Waals surface area contributed by atoms with Gasteiger partial charge >= 0.3 is 0 Å². The Hall–Kier alpha value is -3.10. The van der Waals surface area contributed by atoms with E-state index in [0.29, 0.717) is 0 Å². The number of carbonyl (C=O) groups excluding carboxylic acids is 1. The number of hydrogen-bond donors (Lipinski definition) is 2. The molecule has 1 aliphatic rings. The number of benzene rings is 2. The molecule has 1 saturated carbocycles. The molecule has 1 fully saturated rings. The number of nitrogens with one attached hydrogen (secondary N) is 2. The molecule has 3 aromatic rings. The Morgan fingerprint density at radius 2 is 1.79 bits per heavy atom. The van der Waals surface area contributed by atoms with Crippen LogP contribution in [0, 0.1) is 17.5 Å². The fourth-order valence-corrected chi connectivity index (χ4v) is 3.02. The molecule has 0 unspecified atom stereocenters. The first kappa shape index (κ1) is 18.3. The molecule has 0 radical (unpaired) electrons. The number of amides is 1. The molecule has 0 saturated heterocycles. The second-order valence-electron chi connectivity index (χ2n) is 6.62. The fourth-order valence-electron chi connectivity index (χ4n) is 3.02. The zero-order chi connectivity index (χ0) is 20.1. The normalized spacial score (nSPS) is 16.0. The third kappa shape index (κ3) is 3.39. The lowest BCUT2D eigenvalue weighted by Crippen LogP contribution is -2.43. The topological polar surface area (TPSA) is 54.1 Å². The number of anilines is 1. The van der Waals surface area contributed by atoms with Gasteiger partial charge < -0.3 is 15.0 Å². The number of fused-ring (bicyclic) bond motifs is 1. The number of alkyl halides is 2. The number of rotatable bonds is 4. The maximum absolute atomic E-state index is 14.2. The number of aromatic amines is 1. The van der Waals surface area contributed by atoms with Gasteiger partial charge in [0.1, 0.15) is 6.10 Å². The summed E-state index contributed by atoms with van der Waals surface area (Å²) in [6.45, 7) is 0. The number of H-pyrrole nitrogens is 1. The summed E-state index contributed by atoms with van der Waals surface area (Å²) in [4.78, 5) is 15.0. The Morgan fingerprint density at radius 3 is 2.46 bits per heavy atom. The molecule has 146 valence electrons. The number of halogens is 5. The van der Waals surface area contributed by atoms with Crippen LogP contribution < -0.4 is 10.1 Å². The summed E-state index contributed by atoms with van der Waals surface area (Å²) in [7, 11) is 0. The maximum Gasteiger partial charge on any atom is 0.255 e. The number of carbonyl (C=O) groups is 1. The smallest absolute Gasteiger partial charge is 0.255 e. The van der Waals surface area contributed by atoms with Gasteiger partial charge in [-0.1, -0.05) is 0 Å². The van der Waals surface area contributed by atoms with Gasteiger partial charge in [0.05, 0.1) is 11.2 Å². The van der Waals surface area contributed by atoms with Crippen molar-refractivity contribution in [2.24, 2.45) is 0 Å². The van der Waals surface area contributed by atoms with Gasteiger partial charge in [0, 0.05) is 36.1 Å². The second-order valence-corrected chi connectivity index (χ2v) is 6.62. The van der Waals surface area contributed by atoms with Crippen LogP contribution in [-0.4, -0.2) is 22.9 Å². The summed E-state index contributed by atoms with van der Waals surface area (Å²) < 4.78 is 71.7. The summed E-state index contributed by atoms with van der Waals surface area (Å²) in [5, 5.41) is 2.73. The minimum absolute atomic E-state index is 0.0549. The highest BCUT2D eigenvalue weighted by Gasteiger charge is 2.47. The molecule has 1 heterocycles. The molecule has 1 aliphatic carbocycles. The van der Waals surface area contributed by atoms with E-state index in [0.717, 1.165) is 18.2 Å². The Morgan fingerprint density at radius 1 is 1.07 bits per heavy atom. The van der Waals surface area contributed by atoms with Crippen molar-refractivity contribution in [3.63, 3.8) is 0 Å². The summed E-state index contributed by atoms with van der Waals surface area (Å²) >= 11 is 0. The van der Waals surface area contributed by atoms with Gasteiger partial charge in [-0.15, -0.1) is 0 Å². The predicted octanol–water partition coefficient (Wildman–Crippen LogP) is 5.01. The Balaban J connectivity index is 1.49. The molecule has 2 N–H and O–H groups in total. The van der Waals surface area contributed by atoms with Gasteiger partial charge in [0.15, 0.2) is 23.2 Å². The van der Waals surface area contributed by atoms with Crippen LogP contribution in [0.4, 0.5) is 27.6 Å². The molecule has 2 aromatic carbocycles. The lowest BCUT2D eigenvalue weighted by atomic mass is 9.91. The highest BCUT2D eigenvalue weighted by molar-refractivity contribution is 6.09. The Labute approximate surface area is 155 Å². The summed E-state index contributed by atoms with van der Waals surface area (Å²) in [5.74, 6) is -6.67. The average Bonchev–Trinajstić information content (AvgIpc) is 2.97. The van der Waals surface area contributed by atoms with E-state index < -0.39 is 48.2 Å². The molecule has 0 bridgehead atoms. The van der Waals surface area contributed by atoms with Crippen molar-refractivity contribution < 1.29 is 31.5 Å². The van der Waals surface area contributed by atoms with Crippen LogP contribution in [0.3, 0.4) is 0 Å². The molecule has 1 amide bonds. The molecule has 0 aliphatic heterocycles. The van der Waals surface area contributed by atoms with E-state index in [9.17, 15) is 26.7 Å². The highest BCUT2D eigenvalue weighted by atomic mass is 19.3. The third-order valence-corrected chi connectivity index (χ3v) is 4.51. The van der Waals surface area contributed by atoms with Gasteiger partial charge in [-0.25, -0.2) is 22.0 Å². The van der Waals surface area contributed by atoms with Crippen LogP contribution >= 0.6 is 0 Å². The molecule has 4 nitrogen and oxygen atoms in total. The van der Waals surface area contributed by atoms with E-state index in [1.165, 1.54) is 18.3 Å². The van der Waals surface area contributed by atoms with E-state index in [-0.39, 0.29) is 27.9 Å². The largest absolute Gasteiger partial charge is 0.487 e. The lowest BCUT2D eigenvalue weighted by molar-refractivity contribution is -0.135. The van der Waals surface area contributed by atoms with Crippen LogP contribution in [0.1, 0.15) is 23.2 Å². The van der Waals surface area contributed by atoms with Crippen LogP contribution in [0.2, 0.25) is 0 Å². The lowest BCUT2D eigenvalue weighted by Gasteiger charge is -2.34. The van der Waals surface area contributed by atoms with Gasteiger partial charge in [-0.05, 0) is 24.3 Å². The van der Waals surface area contributed by atoms with Crippen LogP contribution in [0.5, 0.6) is 5.75 Å². The van der Waals surface area contributed by atoms with Crippen molar-refractivity contribution in [2.75, 3.05) is 5.32 Å². The fraction of sp³-hybridized carbons (Fsp3) is 0.211. The van der Waals surface area contributed by atoms with Crippen LogP contribution in [0.25, 0.3) is 10.9 Å². The molecule has 0 atom stereocenters. The molecule has 1 aromatic heterocycles. The minimum Gasteiger partial charge on any atom is -0.487 e. The van der Waals surface area contributed by atoms with Crippen molar-refractivity contribution in [2.45, 2.75) is 24.9 Å². The first-order valence-corrected chi connectivity index (χ1v) is 8.33. The van der Waals surface area contributed by atoms with Crippen molar-refractivity contribution in [3.05, 3.63) is 59.5 Å². The maximum atomic E-state index is 14.2. The van der Waals surface area contributed by atoms with E-state index in [1.807, 2.05) is 0 Å². The Bertz CT molecular complexity index is 1070. The Kier molecular flexibility index (Phi) is 4.24. The van der Waals surface area contributed by atoms with Crippen LogP contribution in [-0.2, 0) is 0 Å². The molecule has 4 rings (SSSR count). The summed E-state index contributed by atoms with van der Waals surface area (Å²) in [5.41, 5.74) is 0.415. The monoisotopic (exact) mass is 396 g/mol. The molecule has 9 heteroatoms. The molecular formula is C19H13F5N2O2. The zero-order valence-corrected chi connectivity index (χ0v) is 14.2. The van der Waals surface area contributed by atoms with Gasteiger partial charge in [0.25, 0.3) is 11.8 Å². The third-order valence-electron chi connectivity index (χ3n) is 4.51. The van der Waals surface area contributed by atoms with Crippen molar-refractivity contribution in [3.8, 4) is 5.75 Å². The standard InChI is InChI=1S/C19H13F5N2O2/c20-12-4-11-15(5-13(12)21)25-8-16(11)26-18(27)9-1-2-17(14(22)3-9)28-10-6-19(23,24)7-10/h1-5,8,10,25H,6-7H2,(H,26,27). The minimum atomic E-state index is -2.79. The van der Waals surface area contributed by atoms with E-state index in [1.54, 1.807) is 0 Å². The highest BCUT2D eigenvalue weighted by Crippen LogP contribution is 2.40. The van der Waals surface area contributed by atoms with Gasteiger partial charge in [-0.3, -0.25) is 4.79 Å². The van der Waals surface area contributed by atoms with Crippen molar-refractivity contribution in [1.82, 2.24) is 4.98 Å².